The lowest BCUT2D eigenvalue weighted by Crippen LogP contribution is -2.17. The highest BCUT2D eigenvalue weighted by molar-refractivity contribution is 6.09. The number of rotatable bonds is 1. The zero-order chi connectivity index (χ0) is 10.8. The summed E-state index contributed by atoms with van der Waals surface area (Å²) in [6.07, 6.45) is 0. The zero-order valence-electron chi connectivity index (χ0n) is 8.32. The first-order valence-electron chi connectivity index (χ1n) is 4.67. The molecule has 0 bridgehead atoms. The number of carbonyl (C=O) groups excluding carboxylic acids is 1. The fourth-order valence-electron chi connectivity index (χ4n) is 1.65. The van der Waals surface area contributed by atoms with Crippen LogP contribution in [0.2, 0.25) is 0 Å². The fraction of sp³-hybridized carbons (Fsp3) is 0.0833. The molecule has 2 aromatic carbocycles. The highest BCUT2D eigenvalue weighted by Crippen LogP contribution is 2.27. The summed E-state index contributed by atoms with van der Waals surface area (Å²) in [6.45, 7) is 0. The first-order valence-corrected chi connectivity index (χ1v) is 4.67. The minimum atomic E-state index is -0.193. The van der Waals surface area contributed by atoms with Crippen LogP contribution in [-0.2, 0) is 0 Å². The Morgan fingerprint density at radius 1 is 1.20 bits per heavy atom. The zero-order valence-corrected chi connectivity index (χ0v) is 8.32. The van der Waals surface area contributed by atoms with Crippen molar-refractivity contribution in [2.24, 2.45) is 0 Å². The molecule has 0 aliphatic carbocycles. The summed E-state index contributed by atoms with van der Waals surface area (Å²) in [5.41, 5.74) is 0.494. The second kappa shape index (κ2) is 3.61. The molecule has 0 aliphatic heterocycles. The van der Waals surface area contributed by atoms with E-state index in [0.29, 0.717) is 10.9 Å². The Hall–Kier alpha value is -2.03. The first-order chi connectivity index (χ1) is 7.24. The van der Waals surface area contributed by atoms with Crippen LogP contribution in [0.5, 0.6) is 5.75 Å². The smallest absolute Gasteiger partial charge is 0.251 e. The molecule has 15 heavy (non-hydrogen) atoms. The van der Waals surface area contributed by atoms with Crippen LogP contribution in [0.25, 0.3) is 10.8 Å². The topological polar surface area (TPSA) is 49.3 Å². The number of benzene rings is 2. The van der Waals surface area contributed by atoms with Gasteiger partial charge in [-0.25, -0.2) is 0 Å². The minimum absolute atomic E-state index is 0.131. The largest absolute Gasteiger partial charge is 0.507 e. The van der Waals surface area contributed by atoms with Crippen molar-refractivity contribution in [1.29, 1.82) is 0 Å². The Bertz CT molecular complexity index is 515. The maximum atomic E-state index is 11.6. The van der Waals surface area contributed by atoms with Crippen LogP contribution in [0.1, 0.15) is 10.4 Å². The number of hydrogen-bond donors (Lipinski definition) is 2. The van der Waals surface area contributed by atoms with Crippen molar-refractivity contribution in [3.63, 3.8) is 0 Å². The third-order valence-electron chi connectivity index (χ3n) is 2.35. The van der Waals surface area contributed by atoms with E-state index in [9.17, 15) is 9.90 Å². The van der Waals surface area contributed by atoms with Crippen molar-refractivity contribution in [3.8, 4) is 5.75 Å². The summed E-state index contributed by atoms with van der Waals surface area (Å²) in [5.74, 6) is -0.0613. The van der Waals surface area contributed by atoms with Crippen LogP contribution in [0, 0.1) is 0 Å². The van der Waals surface area contributed by atoms with Crippen molar-refractivity contribution in [1.82, 2.24) is 5.32 Å². The normalized spacial score (nSPS) is 10.2. The average molecular weight is 201 g/mol. The molecule has 0 unspecified atom stereocenters. The van der Waals surface area contributed by atoms with Crippen LogP contribution < -0.4 is 5.32 Å². The van der Waals surface area contributed by atoms with E-state index in [4.69, 9.17) is 0 Å². The number of phenols is 1. The molecule has 0 fully saturated rings. The third kappa shape index (κ3) is 1.52. The molecule has 1 amide bonds. The van der Waals surface area contributed by atoms with E-state index in [1.807, 2.05) is 12.1 Å². The lowest BCUT2D eigenvalue weighted by atomic mass is 10.0. The predicted molar refractivity (Wildman–Crippen MR) is 59.0 cm³/mol. The van der Waals surface area contributed by atoms with Crippen LogP contribution in [0.3, 0.4) is 0 Å². The maximum absolute atomic E-state index is 11.6. The second-order valence-electron chi connectivity index (χ2n) is 3.26. The van der Waals surface area contributed by atoms with Crippen LogP contribution in [0.4, 0.5) is 0 Å². The van der Waals surface area contributed by atoms with Crippen molar-refractivity contribution in [2.75, 3.05) is 7.05 Å². The van der Waals surface area contributed by atoms with E-state index in [-0.39, 0.29) is 11.7 Å². The van der Waals surface area contributed by atoms with E-state index in [2.05, 4.69) is 5.32 Å². The molecule has 0 radical (unpaired) electrons. The molecule has 0 heterocycles. The molecule has 2 N–H and O–H groups in total. The molecule has 0 atom stereocenters. The van der Waals surface area contributed by atoms with Gasteiger partial charge in [0.25, 0.3) is 5.91 Å². The van der Waals surface area contributed by atoms with Gasteiger partial charge in [0, 0.05) is 12.4 Å². The number of phenolic OH excluding ortho intramolecular Hbond substituents is 1. The second-order valence-corrected chi connectivity index (χ2v) is 3.26. The Morgan fingerprint density at radius 2 is 1.87 bits per heavy atom. The van der Waals surface area contributed by atoms with Gasteiger partial charge in [0.05, 0.1) is 5.56 Å². The lowest BCUT2D eigenvalue weighted by molar-refractivity contribution is 0.0964. The van der Waals surface area contributed by atoms with Gasteiger partial charge in [-0.1, -0.05) is 24.3 Å². The van der Waals surface area contributed by atoms with Crippen molar-refractivity contribution in [3.05, 3.63) is 42.0 Å². The minimum Gasteiger partial charge on any atom is -0.507 e. The Morgan fingerprint density at radius 3 is 2.53 bits per heavy atom. The van der Waals surface area contributed by atoms with Crippen molar-refractivity contribution < 1.29 is 9.90 Å². The van der Waals surface area contributed by atoms with E-state index in [0.717, 1.165) is 5.39 Å². The molecule has 2 rings (SSSR count). The monoisotopic (exact) mass is 201 g/mol. The Labute approximate surface area is 87.3 Å². The quantitative estimate of drug-likeness (QED) is 0.740. The predicted octanol–water partition coefficient (Wildman–Crippen LogP) is 1.90. The molecular weight excluding hydrogens is 190 g/mol. The summed E-state index contributed by atoms with van der Waals surface area (Å²) in [7, 11) is 1.57. The molecule has 76 valence electrons. The number of hydrogen-bond acceptors (Lipinski definition) is 2. The van der Waals surface area contributed by atoms with Crippen molar-refractivity contribution >= 4 is 16.7 Å². The number of amides is 1. The van der Waals surface area contributed by atoms with Gasteiger partial charge in [-0.15, -0.1) is 0 Å². The van der Waals surface area contributed by atoms with E-state index in [1.165, 1.54) is 0 Å². The van der Waals surface area contributed by atoms with Gasteiger partial charge < -0.3 is 10.4 Å². The molecule has 0 aliphatic rings. The van der Waals surface area contributed by atoms with Crippen LogP contribution in [0.15, 0.2) is 36.4 Å². The van der Waals surface area contributed by atoms with Gasteiger partial charge in [-0.2, -0.15) is 0 Å². The molecule has 0 spiro atoms. The maximum Gasteiger partial charge on any atom is 0.251 e. The highest BCUT2D eigenvalue weighted by Gasteiger charge is 2.10. The third-order valence-corrected chi connectivity index (χ3v) is 2.35. The number of carbonyl (C=O) groups is 1. The molecule has 0 saturated heterocycles. The van der Waals surface area contributed by atoms with Crippen LogP contribution in [-0.4, -0.2) is 18.1 Å². The van der Waals surface area contributed by atoms with E-state index >= 15 is 0 Å². The van der Waals surface area contributed by atoms with Gasteiger partial charge in [0.2, 0.25) is 0 Å². The summed E-state index contributed by atoms with van der Waals surface area (Å²) in [6, 6.07) is 10.6. The van der Waals surface area contributed by atoms with Crippen LogP contribution >= 0.6 is 0 Å². The first kappa shape index (κ1) is 9.52. The van der Waals surface area contributed by atoms with Gasteiger partial charge >= 0.3 is 0 Å². The molecule has 0 saturated carbocycles. The van der Waals surface area contributed by atoms with Gasteiger partial charge in [-0.3, -0.25) is 4.79 Å². The molecule has 3 heteroatoms. The van der Waals surface area contributed by atoms with E-state index in [1.54, 1.807) is 31.3 Å². The van der Waals surface area contributed by atoms with E-state index < -0.39 is 0 Å². The summed E-state index contributed by atoms with van der Waals surface area (Å²) in [4.78, 5) is 11.6. The summed E-state index contributed by atoms with van der Waals surface area (Å²) >= 11 is 0. The lowest BCUT2D eigenvalue weighted by Gasteiger charge is -2.06. The van der Waals surface area contributed by atoms with Gasteiger partial charge in [-0.05, 0) is 17.5 Å². The van der Waals surface area contributed by atoms with Gasteiger partial charge in [0.1, 0.15) is 5.75 Å². The van der Waals surface area contributed by atoms with Gasteiger partial charge in [0.15, 0.2) is 0 Å². The number of aromatic hydroxyl groups is 1. The Kier molecular flexibility index (Phi) is 2.29. The average Bonchev–Trinajstić information content (AvgIpc) is 2.28. The highest BCUT2D eigenvalue weighted by atomic mass is 16.3. The standard InChI is InChI=1S/C12H11NO2/c1-13-12(15)9-6-2-4-8-5-3-7-10(14)11(8)9/h2-7,14H,1H3,(H,13,15). The molecule has 0 aromatic heterocycles. The Balaban J connectivity index is 2.80. The molecule has 3 nitrogen and oxygen atoms in total. The molecule has 2 aromatic rings. The number of fused-ring (bicyclic) bond motifs is 1. The van der Waals surface area contributed by atoms with Crippen molar-refractivity contribution in [2.45, 2.75) is 0 Å². The fourth-order valence-corrected chi connectivity index (χ4v) is 1.65. The summed E-state index contributed by atoms with van der Waals surface area (Å²) in [5, 5.41) is 13.7. The molecular formula is C12H11NO2. The summed E-state index contributed by atoms with van der Waals surface area (Å²) < 4.78 is 0. The number of nitrogens with one attached hydrogen (secondary N) is 1. The SMILES string of the molecule is CNC(=O)c1cccc2cccc(O)c12.